The highest BCUT2D eigenvalue weighted by molar-refractivity contribution is 7.11. The molecule has 21 heavy (non-hydrogen) atoms. The molecule has 4 nitrogen and oxygen atoms in total. The number of nitrogens with zero attached hydrogens (tertiary/aromatic N) is 2. The Labute approximate surface area is 128 Å². The lowest BCUT2D eigenvalue weighted by molar-refractivity contribution is 0.0761. The first-order valence-electron chi connectivity index (χ1n) is 7.29. The van der Waals surface area contributed by atoms with E-state index in [1.165, 1.54) is 24.2 Å². The average molecular weight is 302 g/mol. The molecule has 2 heterocycles. The third-order valence-corrected chi connectivity index (χ3v) is 4.26. The molecule has 0 bridgehead atoms. The summed E-state index contributed by atoms with van der Waals surface area (Å²) < 4.78 is 5.60. The molecule has 2 aromatic rings. The fraction of sp³-hybridized carbons (Fsp3) is 0.375. The monoisotopic (exact) mass is 302 g/mol. The number of ether oxygens (including phenoxy) is 1. The second kappa shape index (κ2) is 6.72. The summed E-state index contributed by atoms with van der Waals surface area (Å²) in [5.74, 6) is 0.829. The molecule has 1 saturated heterocycles. The number of likely N-dealkylation sites (tertiary alicyclic amines) is 1. The SMILES string of the molecule is O=C(c1ccc(Oc2nccs2)cc1)N1CCCCCC1. The Balaban J connectivity index is 1.66. The number of amides is 1. The van der Waals surface area contributed by atoms with Gasteiger partial charge in [-0.05, 0) is 37.1 Å². The van der Waals surface area contributed by atoms with Crippen molar-refractivity contribution in [2.24, 2.45) is 0 Å². The van der Waals surface area contributed by atoms with Crippen LogP contribution in [0.3, 0.4) is 0 Å². The maximum absolute atomic E-state index is 12.5. The summed E-state index contributed by atoms with van der Waals surface area (Å²) in [4.78, 5) is 18.5. The van der Waals surface area contributed by atoms with E-state index in [2.05, 4.69) is 4.98 Å². The average Bonchev–Trinajstić information content (AvgIpc) is 2.87. The van der Waals surface area contributed by atoms with Crippen LogP contribution in [0.4, 0.5) is 0 Å². The van der Waals surface area contributed by atoms with Gasteiger partial charge in [-0.25, -0.2) is 4.98 Å². The van der Waals surface area contributed by atoms with Crippen LogP contribution in [-0.4, -0.2) is 28.9 Å². The van der Waals surface area contributed by atoms with Gasteiger partial charge in [-0.15, -0.1) is 0 Å². The molecule has 110 valence electrons. The molecular formula is C16H18N2O2S. The predicted molar refractivity (Wildman–Crippen MR) is 83.0 cm³/mol. The molecule has 0 atom stereocenters. The second-order valence-electron chi connectivity index (χ2n) is 5.13. The highest BCUT2D eigenvalue weighted by Crippen LogP contribution is 2.24. The fourth-order valence-electron chi connectivity index (χ4n) is 2.48. The molecule has 0 unspecified atom stereocenters. The van der Waals surface area contributed by atoms with Crippen LogP contribution in [0.1, 0.15) is 36.0 Å². The Morgan fingerprint density at radius 2 is 1.81 bits per heavy atom. The number of benzene rings is 1. The van der Waals surface area contributed by atoms with Gasteiger partial charge < -0.3 is 9.64 Å². The van der Waals surface area contributed by atoms with Crippen LogP contribution in [0, 0.1) is 0 Å². The number of hydrogen-bond donors (Lipinski definition) is 0. The largest absolute Gasteiger partial charge is 0.431 e. The van der Waals surface area contributed by atoms with E-state index in [-0.39, 0.29) is 5.91 Å². The van der Waals surface area contributed by atoms with E-state index in [0.29, 0.717) is 10.9 Å². The minimum atomic E-state index is 0.123. The Bertz CT molecular complexity index is 573. The van der Waals surface area contributed by atoms with Crippen LogP contribution in [0.5, 0.6) is 10.9 Å². The maximum Gasteiger partial charge on any atom is 0.278 e. The first-order chi connectivity index (χ1) is 10.3. The normalized spacial score (nSPS) is 15.5. The predicted octanol–water partition coefficient (Wildman–Crippen LogP) is 3.95. The van der Waals surface area contributed by atoms with E-state index in [4.69, 9.17) is 4.74 Å². The van der Waals surface area contributed by atoms with Crippen LogP contribution in [0.15, 0.2) is 35.8 Å². The van der Waals surface area contributed by atoms with Crippen LogP contribution in [0.2, 0.25) is 0 Å². The summed E-state index contributed by atoms with van der Waals surface area (Å²) in [5.41, 5.74) is 0.725. The summed E-state index contributed by atoms with van der Waals surface area (Å²) in [5, 5.41) is 2.48. The number of thiazole rings is 1. The molecule has 1 aliphatic rings. The Hall–Kier alpha value is -1.88. The molecule has 0 saturated carbocycles. The number of hydrogen-bond acceptors (Lipinski definition) is 4. The van der Waals surface area contributed by atoms with E-state index < -0.39 is 0 Å². The quantitative estimate of drug-likeness (QED) is 0.862. The van der Waals surface area contributed by atoms with E-state index in [1.54, 1.807) is 6.20 Å². The first kappa shape index (κ1) is 14.1. The van der Waals surface area contributed by atoms with Gasteiger partial charge in [-0.3, -0.25) is 4.79 Å². The molecular weight excluding hydrogens is 284 g/mol. The molecule has 1 aliphatic heterocycles. The molecule has 0 aliphatic carbocycles. The third-order valence-electron chi connectivity index (χ3n) is 3.61. The van der Waals surface area contributed by atoms with Crippen molar-refractivity contribution < 1.29 is 9.53 Å². The number of carbonyl (C=O) groups is 1. The van der Waals surface area contributed by atoms with E-state index in [0.717, 1.165) is 31.5 Å². The minimum absolute atomic E-state index is 0.123. The van der Waals surface area contributed by atoms with Crippen molar-refractivity contribution in [2.75, 3.05) is 13.1 Å². The molecule has 5 heteroatoms. The number of carbonyl (C=O) groups excluding carboxylic acids is 1. The van der Waals surface area contributed by atoms with Crippen molar-refractivity contribution in [3.8, 4) is 10.9 Å². The second-order valence-corrected chi connectivity index (χ2v) is 5.99. The zero-order valence-electron chi connectivity index (χ0n) is 11.8. The standard InChI is InChI=1S/C16H18N2O2S/c19-15(18-10-3-1-2-4-11-18)13-5-7-14(8-6-13)20-16-17-9-12-21-16/h5-9,12H,1-4,10-11H2. The van der Waals surface area contributed by atoms with Crippen molar-refractivity contribution in [3.63, 3.8) is 0 Å². The van der Waals surface area contributed by atoms with Crippen LogP contribution in [0.25, 0.3) is 0 Å². The topological polar surface area (TPSA) is 42.4 Å². The zero-order valence-corrected chi connectivity index (χ0v) is 12.6. The van der Waals surface area contributed by atoms with Crippen molar-refractivity contribution in [2.45, 2.75) is 25.7 Å². The third kappa shape index (κ3) is 3.61. The zero-order chi connectivity index (χ0) is 14.5. The Morgan fingerprint density at radius 3 is 2.43 bits per heavy atom. The van der Waals surface area contributed by atoms with Gasteiger partial charge >= 0.3 is 0 Å². The molecule has 1 aromatic heterocycles. The van der Waals surface area contributed by atoms with Crippen molar-refractivity contribution in [3.05, 3.63) is 41.4 Å². The van der Waals surface area contributed by atoms with E-state index >= 15 is 0 Å². The lowest BCUT2D eigenvalue weighted by Gasteiger charge is -2.20. The van der Waals surface area contributed by atoms with Crippen molar-refractivity contribution in [1.82, 2.24) is 9.88 Å². The molecule has 3 rings (SSSR count). The molecule has 1 fully saturated rings. The molecule has 0 N–H and O–H groups in total. The van der Waals surface area contributed by atoms with Gasteiger partial charge in [0.05, 0.1) is 0 Å². The summed E-state index contributed by atoms with van der Waals surface area (Å²) in [6.07, 6.45) is 6.37. The highest BCUT2D eigenvalue weighted by atomic mass is 32.1. The van der Waals surface area contributed by atoms with Gasteiger partial charge in [0.1, 0.15) is 5.75 Å². The lowest BCUT2D eigenvalue weighted by Crippen LogP contribution is -2.31. The minimum Gasteiger partial charge on any atom is -0.431 e. The summed E-state index contributed by atoms with van der Waals surface area (Å²) in [6.45, 7) is 1.74. The lowest BCUT2D eigenvalue weighted by atomic mass is 10.2. The van der Waals surface area contributed by atoms with Gasteiger partial charge in [-0.2, -0.15) is 0 Å². The van der Waals surface area contributed by atoms with Crippen molar-refractivity contribution >= 4 is 17.2 Å². The summed E-state index contributed by atoms with van der Waals surface area (Å²) in [6, 6.07) is 7.31. The van der Waals surface area contributed by atoms with Crippen LogP contribution >= 0.6 is 11.3 Å². The molecule has 0 radical (unpaired) electrons. The number of aromatic nitrogens is 1. The smallest absolute Gasteiger partial charge is 0.278 e. The first-order valence-corrected chi connectivity index (χ1v) is 8.17. The molecule has 0 spiro atoms. The van der Waals surface area contributed by atoms with Gasteiger partial charge in [0.2, 0.25) is 0 Å². The molecule has 1 amide bonds. The summed E-state index contributed by atoms with van der Waals surface area (Å²) in [7, 11) is 0. The van der Waals surface area contributed by atoms with Gasteiger partial charge in [0, 0.05) is 30.2 Å². The summed E-state index contributed by atoms with van der Waals surface area (Å²) >= 11 is 1.44. The fourth-order valence-corrected chi connectivity index (χ4v) is 2.99. The van der Waals surface area contributed by atoms with Gasteiger partial charge in [0.25, 0.3) is 11.1 Å². The van der Waals surface area contributed by atoms with Crippen LogP contribution in [-0.2, 0) is 0 Å². The van der Waals surface area contributed by atoms with Gasteiger partial charge in [0.15, 0.2) is 0 Å². The Morgan fingerprint density at radius 1 is 1.10 bits per heavy atom. The highest BCUT2D eigenvalue weighted by Gasteiger charge is 2.17. The maximum atomic E-state index is 12.5. The Kier molecular flexibility index (Phi) is 4.50. The van der Waals surface area contributed by atoms with E-state index in [9.17, 15) is 4.79 Å². The van der Waals surface area contributed by atoms with Crippen molar-refractivity contribution in [1.29, 1.82) is 0 Å². The number of rotatable bonds is 3. The van der Waals surface area contributed by atoms with Crippen LogP contribution < -0.4 is 4.74 Å². The molecule has 1 aromatic carbocycles. The van der Waals surface area contributed by atoms with E-state index in [1.807, 2.05) is 34.5 Å². The van der Waals surface area contributed by atoms with Gasteiger partial charge in [-0.1, -0.05) is 24.2 Å².